The lowest BCUT2D eigenvalue weighted by Crippen LogP contribution is -1.99. The van der Waals surface area contributed by atoms with E-state index in [2.05, 4.69) is 5.32 Å². The fraction of sp³-hybridized carbons (Fsp3) is 0.143. The van der Waals surface area contributed by atoms with E-state index in [0.717, 1.165) is 18.7 Å². The van der Waals surface area contributed by atoms with E-state index < -0.39 is 0 Å². The maximum Gasteiger partial charge on any atom is 0.131 e. The Morgan fingerprint density at radius 3 is 2.71 bits per heavy atom. The van der Waals surface area contributed by atoms with Crippen LogP contribution in [0.15, 0.2) is 36.4 Å². The normalized spacial score (nSPS) is 13.8. The number of benzene rings is 2. The van der Waals surface area contributed by atoms with Gasteiger partial charge in [-0.2, -0.15) is 0 Å². The molecule has 2 aromatic rings. The molecule has 86 valence electrons. The van der Waals surface area contributed by atoms with Crippen molar-refractivity contribution in [1.29, 1.82) is 0 Å². The van der Waals surface area contributed by atoms with Crippen LogP contribution in [0.25, 0.3) is 11.1 Å². The van der Waals surface area contributed by atoms with Crippen LogP contribution in [-0.2, 0) is 13.1 Å². The Kier molecular flexibility index (Phi) is 2.61. The monoisotopic (exact) mass is 247 g/mol. The van der Waals surface area contributed by atoms with Crippen molar-refractivity contribution in [3.63, 3.8) is 0 Å². The molecule has 1 heterocycles. The molecule has 0 fully saturated rings. The summed E-state index contributed by atoms with van der Waals surface area (Å²) < 4.78 is 13.7. The fourth-order valence-electron chi connectivity index (χ4n) is 2.18. The zero-order valence-electron chi connectivity index (χ0n) is 9.13. The molecule has 0 radical (unpaired) electrons. The van der Waals surface area contributed by atoms with Gasteiger partial charge in [-0.05, 0) is 41.0 Å². The van der Waals surface area contributed by atoms with Crippen LogP contribution in [0.2, 0.25) is 5.02 Å². The number of fused-ring (bicyclic) bond motifs is 1. The molecule has 17 heavy (non-hydrogen) atoms. The van der Waals surface area contributed by atoms with Crippen LogP contribution in [0.3, 0.4) is 0 Å². The second-order valence-corrected chi connectivity index (χ2v) is 4.65. The Hall–Kier alpha value is -1.38. The van der Waals surface area contributed by atoms with Crippen molar-refractivity contribution in [1.82, 2.24) is 5.32 Å². The summed E-state index contributed by atoms with van der Waals surface area (Å²) in [7, 11) is 0. The molecule has 0 unspecified atom stereocenters. The molecule has 1 aliphatic heterocycles. The lowest BCUT2D eigenvalue weighted by molar-refractivity contribution is 0.631. The van der Waals surface area contributed by atoms with E-state index in [1.165, 1.54) is 17.2 Å². The summed E-state index contributed by atoms with van der Waals surface area (Å²) in [4.78, 5) is 0. The van der Waals surface area contributed by atoms with Gasteiger partial charge >= 0.3 is 0 Å². The average Bonchev–Trinajstić information content (AvgIpc) is 2.79. The minimum Gasteiger partial charge on any atom is -0.309 e. The van der Waals surface area contributed by atoms with Crippen molar-refractivity contribution in [2.75, 3.05) is 0 Å². The molecule has 1 aliphatic rings. The third-order valence-electron chi connectivity index (χ3n) is 3.08. The van der Waals surface area contributed by atoms with Gasteiger partial charge < -0.3 is 5.32 Å². The molecule has 0 saturated heterocycles. The molecule has 1 N–H and O–H groups in total. The van der Waals surface area contributed by atoms with E-state index in [1.54, 1.807) is 12.1 Å². The van der Waals surface area contributed by atoms with Crippen molar-refractivity contribution in [3.8, 4) is 11.1 Å². The van der Waals surface area contributed by atoms with E-state index in [-0.39, 0.29) is 5.82 Å². The van der Waals surface area contributed by atoms with Crippen molar-refractivity contribution in [3.05, 3.63) is 58.4 Å². The SMILES string of the molecule is Fc1ccc(Cl)cc1-c1ccc2c(c1)CNC2. The molecule has 0 aliphatic carbocycles. The molecule has 0 bridgehead atoms. The molecule has 0 atom stereocenters. The highest BCUT2D eigenvalue weighted by Gasteiger charge is 2.12. The van der Waals surface area contributed by atoms with Crippen molar-refractivity contribution in [2.24, 2.45) is 0 Å². The lowest BCUT2D eigenvalue weighted by Gasteiger charge is -2.06. The summed E-state index contributed by atoms with van der Waals surface area (Å²) in [5.74, 6) is -0.236. The van der Waals surface area contributed by atoms with Gasteiger partial charge in [0.05, 0.1) is 0 Å². The Bertz CT molecular complexity index is 580. The van der Waals surface area contributed by atoms with Gasteiger partial charge in [0.15, 0.2) is 0 Å². The van der Waals surface area contributed by atoms with Gasteiger partial charge in [-0.3, -0.25) is 0 Å². The van der Waals surface area contributed by atoms with E-state index >= 15 is 0 Å². The van der Waals surface area contributed by atoms with Gasteiger partial charge in [0, 0.05) is 23.7 Å². The van der Waals surface area contributed by atoms with Crippen LogP contribution in [0, 0.1) is 5.82 Å². The summed E-state index contributed by atoms with van der Waals surface area (Å²) in [6.45, 7) is 1.75. The summed E-state index contributed by atoms with van der Waals surface area (Å²) in [5.41, 5.74) is 3.97. The molecule has 0 spiro atoms. The minimum absolute atomic E-state index is 0.236. The van der Waals surface area contributed by atoms with Crippen LogP contribution in [0.5, 0.6) is 0 Å². The van der Waals surface area contributed by atoms with E-state index in [4.69, 9.17) is 11.6 Å². The number of hydrogen-bond acceptors (Lipinski definition) is 1. The van der Waals surface area contributed by atoms with Gasteiger partial charge in [-0.15, -0.1) is 0 Å². The predicted octanol–water partition coefficient (Wildman–Crippen LogP) is 3.75. The largest absolute Gasteiger partial charge is 0.309 e. The second-order valence-electron chi connectivity index (χ2n) is 4.21. The molecule has 0 saturated carbocycles. The van der Waals surface area contributed by atoms with Gasteiger partial charge in [-0.25, -0.2) is 4.39 Å². The predicted molar refractivity (Wildman–Crippen MR) is 67.4 cm³/mol. The molecule has 1 nitrogen and oxygen atoms in total. The molecule has 0 amide bonds. The van der Waals surface area contributed by atoms with Gasteiger partial charge in [0.1, 0.15) is 5.82 Å². The first-order valence-electron chi connectivity index (χ1n) is 5.52. The van der Waals surface area contributed by atoms with Gasteiger partial charge in [-0.1, -0.05) is 23.7 Å². The van der Waals surface area contributed by atoms with Gasteiger partial charge in [0.25, 0.3) is 0 Å². The van der Waals surface area contributed by atoms with Gasteiger partial charge in [0.2, 0.25) is 0 Å². The quantitative estimate of drug-likeness (QED) is 0.809. The first-order chi connectivity index (χ1) is 8.24. The van der Waals surface area contributed by atoms with E-state index in [9.17, 15) is 4.39 Å². The van der Waals surface area contributed by atoms with E-state index in [1.807, 2.05) is 18.2 Å². The highest BCUT2D eigenvalue weighted by molar-refractivity contribution is 6.30. The first kappa shape index (κ1) is 10.8. The van der Waals surface area contributed by atoms with Crippen LogP contribution in [-0.4, -0.2) is 0 Å². The molecule has 3 heteroatoms. The number of hydrogen-bond donors (Lipinski definition) is 1. The third-order valence-corrected chi connectivity index (χ3v) is 3.31. The fourth-order valence-corrected chi connectivity index (χ4v) is 2.35. The van der Waals surface area contributed by atoms with Crippen LogP contribution in [0.1, 0.15) is 11.1 Å². The Morgan fingerprint density at radius 2 is 1.82 bits per heavy atom. The maximum absolute atomic E-state index is 13.7. The zero-order valence-corrected chi connectivity index (χ0v) is 9.89. The number of rotatable bonds is 1. The highest BCUT2D eigenvalue weighted by Crippen LogP contribution is 2.29. The lowest BCUT2D eigenvalue weighted by atomic mass is 10.0. The smallest absolute Gasteiger partial charge is 0.131 e. The molecule has 3 rings (SSSR count). The summed E-state index contributed by atoms with van der Waals surface area (Å²) >= 11 is 5.90. The average molecular weight is 248 g/mol. The van der Waals surface area contributed by atoms with Crippen LogP contribution < -0.4 is 5.32 Å². The number of nitrogens with one attached hydrogen (secondary N) is 1. The molecule has 2 aromatic carbocycles. The summed E-state index contributed by atoms with van der Waals surface area (Å²) in [5, 5.41) is 3.83. The zero-order chi connectivity index (χ0) is 11.8. The Morgan fingerprint density at radius 1 is 1.00 bits per heavy atom. The highest BCUT2D eigenvalue weighted by atomic mass is 35.5. The van der Waals surface area contributed by atoms with Crippen molar-refractivity contribution < 1.29 is 4.39 Å². The van der Waals surface area contributed by atoms with Crippen molar-refractivity contribution in [2.45, 2.75) is 13.1 Å². The van der Waals surface area contributed by atoms with Crippen LogP contribution >= 0.6 is 11.6 Å². The maximum atomic E-state index is 13.7. The minimum atomic E-state index is -0.236. The molecule has 0 aromatic heterocycles. The molecular formula is C14H11ClFN. The second kappa shape index (κ2) is 4.13. The topological polar surface area (TPSA) is 12.0 Å². The van der Waals surface area contributed by atoms with Crippen LogP contribution in [0.4, 0.5) is 4.39 Å². The van der Waals surface area contributed by atoms with E-state index in [0.29, 0.717) is 10.6 Å². The first-order valence-corrected chi connectivity index (χ1v) is 5.90. The summed E-state index contributed by atoms with van der Waals surface area (Å²) in [6, 6.07) is 10.7. The Labute approximate surface area is 104 Å². The standard InChI is InChI=1S/C14H11ClFN/c15-12-3-4-14(16)13(6-12)9-1-2-10-7-17-8-11(10)5-9/h1-6,17H,7-8H2. The summed E-state index contributed by atoms with van der Waals surface area (Å²) in [6.07, 6.45) is 0. The number of halogens is 2. The Balaban J connectivity index is 2.12. The third kappa shape index (κ3) is 1.94. The van der Waals surface area contributed by atoms with Crippen molar-refractivity contribution >= 4 is 11.6 Å². The molecular weight excluding hydrogens is 237 g/mol.